The first-order valence-corrected chi connectivity index (χ1v) is 6.54. The first-order chi connectivity index (χ1) is 8.84. The second-order valence-corrected chi connectivity index (χ2v) is 3.40. The minimum Gasteiger partial charge on any atom is -0.508 e. The Bertz CT molecular complexity index is 611. The van der Waals surface area contributed by atoms with Gasteiger partial charge in [0.05, 0.1) is 5.52 Å². The average Bonchev–Trinajstić information content (AvgIpc) is 2.80. The average molecular weight is 243 g/mol. The smallest absolute Gasteiger partial charge is 0.117 e. The van der Waals surface area contributed by atoms with Crippen LogP contribution in [0.1, 0.15) is 27.7 Å². The van der Waals surface area contributed by atoms with Crippen molar-refractivity contribution < 1.29 is 5.11 Å². The number of aromatic amines is 1. The van der Waals surface area contributed by atoms with Gasteiger partial charge in [0.2, 0.25) is 0 Å². The molecule has 2 N–H and O–H groups in total. The number of nitrogens with one attached hydrogen (secondary N) is 1. The van der Waals surface area contributed by atoms with Crippen LogP contribution in [-0.2, 0) is 0 Å². The molecule has 0 fully saturated rings. The van der Waals surface area contributed by atoms with Crippen molar-refractivity contribution in [3.63, 3.8) is 0 Å². The summed E-state index contributed by atoms with van der Waals surface area (Å²) in [5.41, 5.74) is 2.08. The lowest BCUT2D eigenvalue weighted by atomic mass is 10.1. The number of rotatable bonds is 0. The van der Waals surface area contributed by atoms with Crippen molar-refractivity contribution in [2.24, 2.45) is 0 Å². The molecular weight excluding hydrogens is 222 g/mol. The molecule has 3 rings (SSSR count). The second-order valence-electron chi connectivity index (χ2n) is 3.40. The maximum absolute atomic E-state index is 9.34. The van der Waals surface area contributed by atoms with Crippen LogP contribution in [0, 0.1) is 0 Å². The van der Waals surface area contributed by atoms with Crippen molar-refractivity contribution in [2.75, 3.05) is 0 Å². The van der Waals surface area contributed by atoms with Gasteiger partial charge >= 0.3 is 0 Å². The van der Waals surface area contributed by atoms with E-state index in [1.54, 1.807) is 12.1 Å². The van der Waals surface area contributed by atoms with Gasteiger partial charge < -0.3 is 10.1 Å². The van der Waals surface area contributed by atoms with Crippen molar-refractivity contribution in [3.05, 3.63) is 42.5 Å². The number of phenols is 1. The lowest BCUT2D eigenvalue weighted by Gasteiger charge is -1.91. The molecule has 18 heavy (non-hydrogen) atoms. The van der Waals surface area contributed by atoms with Gasteiger partial charge in [0, 0.05) is 22.4 Å². The summed E-state index contributed by atoms with van der Waals surface area (Å²) in [5.74, 6) is 0.295. The van der Waals surface area contributed by atoms with E-state index in [9.17, 15) is 5.11 Å². The highest BCUT2D eigenvalue weighted by atomic mass is 16.3. The van der Waals surface area contributed by atoms with Crippen LogP contribution in [0.3, 0.4) is 0 Å². The van der Waals surface area contributed by atoms with Crippen LogP contribution in [0.5, 0.6) is 5.75 Å². The topological polar surface area (TPSA) is 36.0 Å². The molecule has 0 unspecified atom stereocenters. The minimum absolute atomic E-state index is 0.295. The van der Waals surface area contributed by atoms with E-state index in [2.05, 4.69) is 11.1 Å². The molecule has 2 aromatic carbocycles. The maximum Gasteiger partial charge on any atom is 0.117 e. The summed E-state index contributed by atoms with van der Waals surface area (Å²) in [6, 6.07) is 13.5. The fraction of sp³-hybridized carbons (Fsp3) is 0.250. The van der Waals surface area contributed by atoms with Crippen molar-refractivity contribution in [1.82, 2.24) is 4.98 Å². The number of para-hydroxylation sites is 1. The van der Waals surface area contributed by atoms with Crippen LogP contribution in [0.25, 0.3) is 21.8 Å². The van der Waals surface area contributed by atoms with E-state index in [0.717, 1.165) is 16.4 Å². The van der Waals surface area contributed by atoms with Crippen LogP contribution >= 0.6 is 0 Å². The van der Waals surface area contributed by atoms with Crippen LogP contribution in [-0.4, -0.2) is 10.1 Å². The van der Waals surface area contributed by atoms with E-state index >= 15 is 0 Å². The van der Waals surface area contributed by atoms with Gasteiger partial charge in [-0.25, -0.2) is 0 Å². The third-order valence-electron chi connectivity index (χ3n) is 2.49. The zero-order chi connectivity index (χ0) is 13.5. The molecule has 1 heterocycles. The summed E-state index contributed by atoms with van der Waals surface area (Å²) >= 11 is 0. The molecule has 0 aliphatic heterocycles. The van der Waals surface area contributed by atoms with Crippen LogP contribution in [0.2, 0.25) is 0 Å². The van der Waals surface area contributed by atoms with E-state index < -0.39 is 0 Å². The molecule has 1 aromatic heterocycles. The monoisotopic (exact) mass is 243 g/mol. The number of hydrogen-bond acceptors (Lipinski definition) is 1. The Labute approximate surface area is 108 Å². The third-order valence-corrected chi connectivity index (χ3v) is 2.49. The molecule has 0 saturated carbocycles. The zero-order valence-corrected chi connectivity index (χ0v) is 11.5. The molecule has 0 aliphatic rings. The van der Waals surface area contributed by atoms with Gasteiger partial charge in [-0.2, -0.15) is 0 Å². The Morgan fingerprint density at radius 3 is 2.11 bits per heavy atom. The number of fused-ring (bicyclic) bond motifs is 3. The number of aromatic hydroxyl groups is 1. The summed E-state index contributed by atoms with van der Waals surface area (Å²) < 4.78 is 0. The van der Waals surface area contributed by atoms with E-state index in [1.807, 2.05) is 52.0 Å². The summed E-state index contributed by atoms with van der Waals surface area (Å²) in [6.07, 6.45) is 0. The molecule has 0 aliphatic carbocycles. The van der Waals surface area contributed by atoms with E-state index in [-0.39, 0.29) is 0 Å². The molecule has 0 amide bonds. The molecule has 2 nitrogen and oxygen atoms in total. The van der Waals surface area contributed by atoms with Crippen LogP contribution in [0.15, 0.2) is 42.5 Å². The fourth-order valence-corrected chi connectivity index (χ4v) is 1.84. The first kappa shape index (κ1) is 14.1. The van der Waals surface area contributed by atoms with Gasteiger partial charge in [-0.05, 0) is 18.2 Å². The lowest BCUT2D eigenvalue weighted by molar-refractivity contribution is 0.476. The molecule has 2 heteroatoms. The Morgan fingerprint density at radius 1 is 0.778 bits per heavy atom. The van der Waals surface area contributed by atoms with Crippen LogP contribution in [0.4, 0.5) is 0 Å². The number of phenolic OH excluding ortho intramolecular Hbond substituents is 1. The second kappa shape index (κ2) is 6.70. The molecule has 0 spiro atoms. The number of hydrogen-bond donors (Lipinski definition) is 2. The SMILES string of the molecule is CC.CC.Oc1ccc2c(c1)[nH]c1ccccc12. The molecule has 0 saturated heterocycles. The summed E-state index contributed by atoms with van der Waals surface area (Å²) in [4.78, 5) is 3.26. The Hall–Kier alpha value is -1.96. The van der Waals surface area contributed by atoms with Crippen molar-refractivity contribution in [2.45, 2.75) is 27.7 Å². The summed E-state index contributed by atoms with van der Waals surface area (Å²) in [7, 11) is 0. The first-order valence-electron chi connectivity index (χ1n) is 6.54. The maximum atomic E-state index is 9.34. The number of H-pyrrole nitrogens is 1. The fourth-order valence-electron chi connectivity index (χ4n) is 1.84. The van der Waals surface area contributed by atoms with Gasteiger partial charge in [-0.15, -0.1) is 0 Å². The summed E-state index contributed by atoms with van der Waals surface area (Å²) in [6.45, 7) is 8.00. The highest BCUT2D eigenvalue weighted by molar-refractivity contribution is 6.07. The molecular formula is C16H21NO. The zero-order valence-electron chi connectivity index (χ0n) is 11.5. The Kier molecular flexibility index (Phi) is 5.25. The minimum atomic E-state index is 0.295. The quantitative estimate of drug-likeness (QED) is 0.567. The molecule has 3 aromatic rings. The molecule has 96 valence electrons. The van der Waals surface area contributed by atoms with Gasteiger partial charge in [0.15, 0.2) is 0 Å². The van der Waals surface area contributed by atoms with E-state index in [4.69, 9.17) is 0 Å². The van der Waals surface area contributed by atoms with Crippen LogP contribution < -0.4 is 0 Å². The highest BCUT2D eigenvalue weighted by Crippen LogP contribution is 2.27. The molecule has 0 atom stereocenters. The third kappa shape index (κ3) is 2.65. The Balaban J connectivity index is 0.000000371. The number of aromatic nitrogens is 1. The van der Waals surface area contributed by atoms with Gasteiger partial charge in [0.25, 0.3) is 0 Å². The molecule has 0 bridgehead atoms. The number of benzene rings is 2. The highest BCUT2D eigenvalue weighted by Gasteiger charge is 2.02. The largest absolute Gasteiger partial charge is 0.508 e. The van der Waals surface area contributed by atoms with Crippen molar-refractivity contribution in [1.29, 1.82) is 0 Å². The molecule has 0 radical (unpaired) electrons. The standard InChI is InChI=1S/C12H9NO.2C2H6/c14-8-5-6-10-9-3-1-2-4-11(9)13-12(10)7-8;2*1-2/h1-7,13-14H;2*1-2H3. The normalized spacial score (nSPS) is 9.33. The van der Waals surface area contributed by atoms with Gasteiger partial charge in [-0.3, -0.25) is 0 Å². The summed E-state index contributed by atoms with van der Waals surface area (Å²) in [5, 5.41) is 11.7. The van der Waals surface area contributed by atoms with Gasteiger partial charge in [0.1, 0.15) is 5.75 Å². The predicted octanol–water partition coefficient (Wildman–Crippen LogP) is 5.08. The Morgan fingerprint density at radius 2 is 1.39 bits per heavy atom. The van der Waals surface area contributed by atoms with Crippen molar-refractivity contribution >= 4 is 21.8 Å². The predicted molar refractivity (Wildman–Crippen MR) is 80.2 cm³/mol. The van der Waals surface area contributed by atoms with E-state index in [1.165, 1.54) is 5.39 Å². The van der Waals surface area contributed by atoms with Gasteiger partial charge in [-0.1, -0.05) is 45.9 Å². The lowest BCUT2D eigenvalue weighted by Crippen LogP contribution is -1.66. The van der Waals surface area contributed by atoms with Crippen molar-refractivity contribution in [3.8, 4) is 5.75 Å². The van der Waals surface area contributed by atoms with E-state index in [0.29, 0.717) is 5.75 Å².